The molecule has 0 saturated heterocycles. The largest absolute Gasteiger partial charge is 0.320 e. The van der Waals surface area contributed by atoms with Crippen molar-refractivity contribution in [3.8, 4) is 0 Å². The van der Waals surface area contributed by atoms with Crippen LogP contribution in [0.1, 0.15) is 38.0 Å². The number of thiophene rings is 1. The van der Waals surface area contributed by atoms with Crippen LogP contribution >= 0.6 is 11.3 Å². The Bertz CT molecular complexity index is 520. The lowest BCUT2D eigenvalue weighted by Crippen LogP contribution is -2.12. The van der Waals surface area contributed by atoms with Crippen molar-refractivity contribution >= 4 is 11.3 Å². The molecule has 1 heterocycles. The van der Waals surface area contributed by atoms with Crippen LogP contribution in [0.3, 0.4) is 0 Å². The van der Waals surface area contributed by atoms with Crippen molar-refractivity contribution < 1.29 is 0 Å². The van der Waals surface area contributed by atoms with Gasteiger partial charge in [-0.2, -0.15) is 0 Å². The van der Waals surface area contributed by atoms with Gasteiger partial charge in [0.15, 0.2) is 0 Å². The molecule has 2 rings (SSSR count). The predicted octanol–water partition coefficient (Wildman–Crippen LogP) is 4.03. The smallest absolute Gasteiger partial charge is 0.0648 e. The maximum Gasteiger partial charge on any atom is 0.0648 e. The third-order valence-electron chi connectivity index (χ3n) is 3.47. The van der Waals surface area contributed by atoms with Crippen molar-refractivity contribution in [2.24, 2.45) is 5.73 Å². The number of aryl methyl sites for hydroxylation is 3. The first kappa shape index (κ1) is 12.3. The Morgan fingerprint density at radius 3 is 2.35 bits per heavy atom. The lowest BCUT2D eigenvalue weighted by atomic mass is 9.97. The number of benzene rings is 1. The van der Waals surface area contributed by atoms with E-state index in [9.17, 15) is 0 Å². The summed E-state index contributed by atoms with van der Waals surface area (Å²) in [4.78, 5) is 2.62. The van der Waals surface area contributed by atoms with Gasteiger partial charge in [0, 0.05) is 9.75 Å². The number of hydrogen-bond donors (Lipinski definition) is 1. The molecule has 2 heteroatoms. The molecule has 0 bridgehead atoms. The molecule has 1 aromatic heterocycles. The van der Waals surface area contributed by atoms with E-state index in [4.69, 9.17) is 5.73 Å². The van der Waals surface area contributed by atoms with Crippen LogP contribution < -0.4 is 5.73 Å². The first-order chi connectivity index (χ1) is 8.00. The van der Waals surface area contributed by atoms with E-state index in [1.165, 1.54) is 32.0 Å². The van der Waals surface area contributed by atoms with Crippen LogP contribution in [-0.2, 0) is 0 Å². The fourth-order valence-electron chi connectivity index (χ4n) is 2.02. The summed E-state index contributed by atoms with van der Waals surface area (Å²) in [6.45, 7) is 8.58. The van der Waals surface area contributed by atoms with Gasteiger partial charge in [0.2, 0.25) is 0 Å². The van der Waals surface area contributed by atoms with Crippen molar-refractivity contribution in [3.63, 3.8) is 0 Å². The Morgan fingerprint density at radius 2 is 1.76 bits per heavy atom. The molecule has 0 aliphatic rings. The molecule has 0 amide bonds. The molecular formula is C15H19NS. The fraction of sp³-hybridized carbons (Fsp3) is 0.333. The standard InChI is InChI=1S/C15H19NS/c1-9-6-5-7-13(11(9)3)15(16)14-8-10(2)12(4)17-14/h5-8,15H,16H2,1-4H3. The summed E-state index contributed by atoms with van der Waals surface area (Å²) in [5.41, 5.74) is 11.6. The van der Waals surface area contributed by atoms with Crippen LogP contribution in [0.4, 0.5) is 0 Å². The summed E-state index contributed by atoms with van der Waals surface area (Å²) in [6.07, 6.45) is 0. The molecule has 2 N–H and O–H groups in total. The lowest BCUT2D eigenvalue weighted by Gasteiger charge is -2.14. The summed E-state index contributed by atoms with van der Waals surface area (Å²) in [5.74, 6) is 0. The lowest BCUT2D eigenvalue weighted by molar-refractivity contribution is 0.878. The molecule has 0 radical (unpaired) electrons. The van der Waals surface area contributed by atoms with Crippen LogP contribution in [0.25, 0.3) is 0 Å². The Hall–Kier alpha value is -1.12. The first-order valence-electron chi connectivity index (χ1n) is 5.89. The van der Waals surface area contributed by atoms with Gasteiger partial charge >= 0.3 is 0 Å². The second kappa shape index (κ2) is 4.63. The highest BCUT2D eigenvalue weighted by Gasteiger charge is 2.15. The Balaban J connectivity index is 2.43. The van der Waals surface area contributed by atoms with Gasteiger partial charge < -0.3 is 5.73 Å². The van der Waals surface area contributed by atoms with Gasteiger partial charge in [0.25, 0.3) is 0 Å². The second-order valence-electron chi connectivity index (χ2n) is 4.65. The summed E-state index contributed by atoms with van der Waals surface area (Å²) >= 11 is 1.81. The minimum absolute atomic E-state index is 0.00676. The molecule has 0 saturated carbocycles. The summed E-state index contributed by atoms with van der Waals surface area (Å²) in [7, 11) is 0. The Morgan fingerprint density at radius 1 is 1.06 bits per heavy atom. The zero-order valence-electron chi connectivity index (χ0n) is 10.9. The highest BCUT2D eigenvalue weighted by Crippen LogP contribution is 2.31. The van der Waals surface area contributed by atoms with E-state index in [2.05, 4.69) is 52.0 Å². The molecule has 2 aromatic rings. The number of nitrogens with two attached hydrogens (primary N) is 1. The first-order valence-corrected chi connectivity index (χ1v) is 6.71. The molecule has 0 aliphatic heterocycles. The van der Waals surface area contributed by atoms with Crippen LogP contribution in [0, 0.1) is 27.7 Å². The van der Waals surface area contributed by atoms with E-state index in [0.29, 0.717) is 0 Å². The maximum absolute atomic E-state index is 6.38. The van der Waals surface area contributed by atoms with Gasteiger partial charge in [0.1, 0.15) is 0 Å². The molecule has 1 unspecified atom stereocenters. The quantitative estimate of drug-likeness (QED) is 0.849. The minimum atomic E-state index is 0.00676. The van der Waals surface area contributed by atoms with Crippen molar-refractivity contribution in [3.05, 3.63) is 56.3 Å². The van der Waals surface area contributed by atoms with Gasteiger partial charge in [-0.25, -0.2) is 0 Å². The van der Waals surface area contributed by atoms with Crippen LogP contribution in [0.5, 0.6) is 0 Å². The molecule has 1 nitrogen and oxygen atoms in total. The zero-order valence-corrected chi connectivity index (χ0v) is 11.7. The van der Waals surface area contributed by atoms with Crippen LogP contribution in [-0.4, -0.2) is 0 Å². The summed E-state index contributed by atoms with van der Waals surface area (Å²) in [6, 6.07) is 8.58. The summed E-state index contributed by atoms with van der Waals surface area (Å²) < 4.78 is 0. The molecule has 0 fully saturated rings. The average molecular weight is 245 g/mol. The van der Waals surface area contributed by atoms with E-state index in [1.54, 1.807) is 11.3 Å². The van der Waals surface area contributed by atoms with Crippen LogP contribution in [0.15, 0.2) is 24.3 Å². The van der Waals surface area contributed by atoms with Gasteiger partial charge in [-0.3, -0.25) is 0 Å². The zero-order chi connectivity index (χ0) is 12.6. The normalized spacial score (nSPS) is 12.8. The highest BCUT2D eigenvalue weighted by molar-refractivity contribution is 7.12. The monoisotopic (exact) mass is 245 g/mol. The van der Waals surface area contributed by atoms with Crippen molar-refractivity contribution in [2.45, 2.75) is 33.7 Å². The van der Waals surface area contributed by atoms with Gasteiger partial charge in [-0.1, -0.05) is 18.2 Å². The van der Waals surface area contributed by atoms with Gasteiger partial charge in [0.05, 0.1) is 6.04 Å². The molecular weight excluding hydrogens is 226 g/mol. The van der Waals surface area contributed by atoms with E-state index in [0.717, 1.165) is 0 Å². The summed E-state index contributed by atoms with van der Waals surface area (Å²) in [5, 5.41) is 0. The highest BCUT2D eigenvalue weighted by atomic mass is 32.1. The van der Waals surface area contributed by atoms with Crippen molar-refractivity contribution in [1.82, 2.24) is 0 Å². The number of hydrogen-bond acceptors (Lipinski definition) is 2. The molecule has 1 aromatic carbocycles. The molecule has 90 valence electrons. The third-order valence-corrected chi connectivity index (χ3v) is 4.71. The SMILES string of the molecule is Cc1cc(C(N)c2cccc(C)c2C)sc1C. The minimum Gasteiger partial charge on any atom is -0.320 e. The predicted molar refractivity (Wildman–Crippen MR) is 75.7 cm³/mol. The third kappa shape index (κ3) is 2.28. The molecule has 0 spiro atoms. The van der Waals surface area contributed by atoms with E-state index in [1.807, 2.05) is 0 Å². The van der Waals surface area contributed by atoms with Crippen molar-refractivity contribution in [1.29, 1.82) is 0 Å². The molecule has 17 heavy (non-hydrogen) atoms. The Labute approximate surface area is 107 Å². The Kier molecular flexibility index (Phi) is 3.36. The van der Waals surface area contributed by atoms with Gasteiger partial charge in [-0.15, -0.1) is 11.3 Å². The van der Waals surface area contributed by atoms with Gasteiger partial charge in [-0.05, 0) is 56.0 Å². The van der Waals surface area contributed by atoms with E-state index < -0.39 is 0 Å². The maximum atomic E-state index is 6.38. The topological polar surface area (TPSA) is 26.0 Å². The van der Waals surface area contributed by atoms with E-state index in [-0.39, 0.29) is 6.04 Å². The average Bonchev–Trinajstić information content (AvgIpc) is 2.62. The molecule has 0 aliphatic carbocycles. The van der Waals surface area contributed by atoms with Crippen molar-refractivity contribution in [2.75, 3.05) is 0 Å². The molecule has 1 atom stereocenters. The second-order valence-corrected chi connectivity index (χ2v) is 5.94. The number of rotatable bonds is 2. The fourth-order valence-corrected chi connectivity index (χ4v) is 3.08. The van der Waals surface area contributed by atoms with E-state index >= 15 is 0 Å². The van der Waals surface area contributed by atoms with Crippen LogP contribution in [0.2, 0.25) is 0 Å².